The molecule has 1 N–H and O–H groups in total. The maximum atomic E-state index is 12.6. The summed E-state index contributed by atoms with van der Waals surface area (Å²) in [7, 11) is 1.62. The van der Waals surface area contributed by atoms with Crippen molar-refractivity contribution in [3.05, 3.63) is 59.9 Å². The van der Waals surface area contributed by atoms with Crippen molar-refractivity contribution in [2.45, 2.75) is 38.4 Å². The Morgan fingerprint density at radius 3 is 2.55 bits per heavy atom. The second-order valence-corrected chi connectivity index (χ2v) is 7.79. The number of methoxy groups -OCH3 is 1. The minimum atomic E-state index is -0.0981. The fourth-order valence-electron chi connectivity index (χ4n) is 3.19. The molecule has 1 heterocycles. The molecule has 8 heteroatoms. The lowest BCUT2D eigenvalue weighted by Gasteiger charge is -2.11. The Labute approximate surface area is 187 Å². The van der Waals surface area contributed by atoms with Gasteiger partial charge in [-0.1, -0.05) is 49.0 Å². The van der Waals surface area contributed by atoms with E-state index in [-0.39, 0.29) is 12.3 Å². The predicted octanol–water partition coefficient (Wildman–Crippen LogP) is 4.22. The highest BCUT2D eigenvalue weighted by Crippen LogP contribution is 2.26. The van der Waals surface area contributed by atoms with Crippen LogP contribution in [0.25, 0.3) is 0 Å². The van der Waals surface area contributed by atoms with Crippen LogP contribution in [0.2, 0.25) is 0 Å². The zero-order valence-corrected chi connectivity index (χ0v) is 18.9. The van der Waals surface area contributed by atoms with E-state index in [1.165, 1.54) is 0 Å². The van der Waals surface area contributed by atoms with E-state index in [0.717, 1.165) is 22.8 Å². The van der Waals surface area contributed by atoms with Crippen molar-refractivity contribution < 1.29 is 14.3 Å². The summed E-state index contributed by atoms with van der Waals surface area (Å²) < 4.78 is 13.1. The minimum absolute atomic E-state index is 0.0981. The number of hydrogen-bond acceptors (Lipinski definition) is 6. The number of para-hydroxylation sites is 3. The van der Waals surface area contributed by atoms with Crippen LogP contribution >= 0.6 is 11.8 Å². The van der Waals surface area contributed by atoms with Crippen LogP contribution in [0.15, 0.2) is 53.7 Å². The number of aromatic nitrogens is 3. The van der Waals surface area contributed by atoms with Gasteiger partial charge in [0, 0.05) is 18.0 Å². The summed E-state index contributed by atoms with van der Waals surface area (Å²) in [5.74, 6) is 2.68. The number of nitrogens with zero attached hydrogens (tertiary/aromatic N) is 3. The molecule has 0 aliphatic carbocycles. The summed E-state index contributed by atoms with van der Waals surface area (Å²) in [5, 5.41) is 12.3. The lowest BCUT2D eigenvalue weighted by molar-refractivity contribution is -0.115. The van der Waals surface area contributed by atoms with E-state index in [0.29, 0.717) is 36.2 Å². The van der Waals surface area contributed by atoms with E-state index < -0.39 is 0 Å². The molecule has 0 aliphatic rings. The van der Waals surface area contributed by atoms with Gasteiger partial charge in [0.25, 0.3) is 0 Å². The summed E-state index contributed by atoms with van der Waals surface area (Å²) in [4.78, 5) is 12.6. The van der Waals surface area contributed by atoms with Gasteiger partial charge in [-0.2, -0.15) is 0 Å². The zero-order chi connectivity index (χ0) is 22.1. The molecule has 7 nitrogen and oxygen atoms in total. The topological polar surface area (TPSA) is 78.3 Å². The summed E-state index contributed by atoms with van der Waals surface area (Å²) in [6.45, 7) is 5.29. The number of rotatable bonds is 11. The largest absolute Gasteiger partial charge is 0.493 e. The summed E-state index contributed by atoms with van der Waals surface area (Å²) in [6, 6.07) is 15.4. The molecule has 0 spiro atoms. The summed E-state index contributed by atoms with van der Waals surface area (Å²) in [6.07, 6.45) is 1.04. The van der Waals surface area contributed by atoms with E-state index in [4.69, 9.17) is 9.47 Å². The third kappa shape index (κ3) is 6.01. The van der Waals surface area contributed by atoms with Crippen molar-refractivity contribution in [2.75, 3.05) is 24.8 Å². The lowest BCUT2D eigenvalue weighted by Crippen LogP contribution is -2.18. The number of carbonyl (C=O) groups is 1. The molecule has 0 aliphatic heterocycles. The van der Waals surface area contributed by atoms with Gasteiger partial charge in [-0.05, 0) is 37.1 Å². The predicted molar refractivity (Wildman–Crippen MR) is 123 cm³/mol. The SMILES string of the molecule is CCc1ccccc1NC(=O)Cc1nnc(SCCOc2ccccc2OC)n1CC. The molecule has 0 unspecified atom stereocenters. The van der Waals surface area contributed by atoms with E-state index in [9.17, 15) is 4.79 Å². The van der Waals surface area contributed by atoms with Gasteiger partial charge < -0.3 is 19.4 Å². The van der Waals surface area contributed by atoms with Gasteiger partial charge in [-0.25, -0.2) is 0 Å². The number of nitrogens with one attached hydrogen (secondary N) is 1. The number of anilines is 1. The van der Waals surface area contributed by atoms with Crippen molar-refractivity contribution in [1.82, 2.24) is 14.8 Å². The molecular formula is C23H28N4O3S. The average molecular weight is 441 g/mol. The van der Waals surface area contributed by atoms with Gasteiger partial charge in [-0.15, -0.1) is 10.2 Å². The van der Waals surface area contributed by atoms with Gasteiger partial charge in [0.15, 0.2) is 16.7 Å². The van der Waals surface area contributed by atoms with Crippen molar-refractivity contribution in [3.63, 3.8) is 0 Å². The van der Waals surface area contributed by atoms with Gasteiger partial charge in [0.05, 0.1) is 20.1 Å². The number of hydrogen-bond donors (Lipinski definition) is 1. The molecular weight excluding hydrogens is 412 g/mol. The molecule has 164 valence electrons. The van der Waals surface area contributed by atoms with Crippen molar-refractivity contribution in [3.8, 4) is 11.5 Å². The molecule has 1 aromatic heterocycles. The first-order chi connectivity index (χ1) is 15.2. The van der Waals surface area contributed by atoms with Gasteiger partial charge in [0.1, 0.15) is 5.82 Å². The fraction of sp³-hybridized carbons (Fsp3) is 0.348. The third-order valence-electron chi connectivity index (χ3n) is 4.74. The van der Waals surface area contributed by atoms with Crippen LogP contribution in [0.5, 0.6) is 11.5 Å². The molecule has 0 atom stereocenters. The van der Waals surface area contributed by atoms with E-state index >= 15 is 0 Å². The Balaban J connectivity index is 1.55. The quantitative estimate of drug-likeness (QED) is 0.355. The zero-order valence-electron chi connectivity index (χ0n) is 18.1. The van der Waals surface area contributed by atoms with Crippen LogP contribution in [0.1, 0.15) is 25.2 Å². The molecule has 0 radical (unpaired) electrons. The number of amides is 1. The minimum Gasteiger partial charge on any atom is -0.493 e. The highest BCUT2D eigenvalue weighted by atomic mass is 32.2. The van der Waals surface area contributed by atoms with Gasteiger partial charge in [0.2, 0.25) is 5.91 Å². The van der Waals surface area contributed by atoms with Gasteiger partial charge >= 0.3 is 0 Å². The number of benzene rings is 2. The summed E-state index contributed by atoms with van der Waals surface area (Å²) in [5.41, 5.74) is 1.96. The lowest BCUT2D eigenvalue weighted by atomic mass is 10.1. The van der Waals surface area contributed by atoms with Crippen LogP contribution in [0.3, 0.4) is 0 Å². The summed E-state index contributed by atoms with van der Waals surface area (Å²) >= 11 is 1.55. The van der Waals surface area contributed by atoms with Crippen LogP contribution in [-0.2, 0) is 24.2 Å². The first-order valence-corrected chi connectivity index (χ1v) is 11.3. The molecule has 3 rings (SSSR count). The van der Waals surface area contributed by atoms with Crippen molar-refractivity contribution in [2.24, 2.45) is 0 Å². The first kappa shape index (κ1) is 22.7. The Hall–Kier alpha value is -3.00. The van der Waals surface area contributed by atoms with E-state index in [1.54, 1.807) is 18.9 Å². The number of aryl methyl sites for hydroxylation is 1. The molecule has 2 aromatic carbocycles. The number of thioether (sulfide) groups is 1. The maximum absolute atomic E-state index is 12.6. The Morgan fingerprint density at radius 1 is 1.06 bits per heavy atom. The van der Waals surface area contributed by atoms with Crippen molar-refractivity contribution >= 4 is 23.4 Å². The third-order valence-corrected chi connectivity index (χ3v) is 5.67. The highest BCUT2D eigenvalue weighted by molar-refractivity contribution is 7.99. The average Bonchev–Trinajstić information content (AvgIpc) is 3.18. The monoisotopic (exact) mass is 440 g/mol. The van der Waals surface area contributed by atoms with E-state index in [1.807, 2.05) is 60.0 Å². The Kier molecular flexibility index (Phi) is 8.35. The molecule has 31 heavy (non-hydrogen) atoms. The standard InChI is InChI=1S/C23H28N4O3S/c1-4-17-10-6-7-11-18(17)24-22(28)16-21-25-26-23(27(21)5-2)31-15-14-30-20-13-9-8-12-19(20)29-3/h6-13H,4-5,14-16H2,1-3H3,(H,24,28). The molecule has 1 amide bonds. The highest BCUT2D eigenvalue weighted by Gasteiger charge is 2.15. The van der Waals surface area contributed by atoms with Gasteiger partial charge in [-0.3, -0.25) is 4.79 Å². The smallest absolute Gasteiger partial charge is 0.232 e. The Bertz CT molecular complexity index is 1010. The van der Waals surface area contributed by atoms with Crippen LogP contribution in [0, 0.1) is 0 Å². The Morgan fingerprint density at radius 2 is 1.81 bits per heavy atom. The molecule has 0 bridgehead atoms. The molecule has 0 saturated heterocycles. The van der Waals surface area contributed by atoms with Crippen LogP contribution in [-0.4, -0.2) is 40.1 Å². The fourth-order valence-corrected chi connectivity index (χ4v) is 4.02. The molecule has 0 saturated carbocycles. The first-order valence-electron chi connectivity index (χ1n) is 10.3. The second kappa shape index (κ2) is 11.4. The second-order valence-electron chi connectivity index (χ2n) is 6.73. The van der Waals surface area contributed by atoms with Crippen LogP contribution in [0.4, 0.5) is 5.69 Å². The maximum Gasteiger partial charge on any atom is 0.232 e. The van der Waals surface area contributed by atoms with Crippen molar-refractivity contribution in [1.29, 1.82) is 0 Å². The van der Waals surface area contributed by atoms with Crippen LogP contribution < -0.4 is 14.8 Å². The number of carbonyl (C=O) groups excluding carboxylic acids is 1. The van der Waals surface area contributed by atoms with E-state index in [2.05, 4.69) is 22.4 Å². The normalized spacial score (nSPS) is 10.7. The molecule has 0 fully saturated rings. The number of ether oxygens (including phenoxy) is 2. The molecule has 3 aromatic rings.